The summed E-state index contributed by atoms with van der Waals surface area (Å²) in [5.41, 5.74) is 6.16. The van der Waals surface area contributed by atoms with Crippen molar-refractivity contribution in [2.45, 2.75) is 25.3 Å². The highest BCUT2D eigenvalue weighted by molar-refractivity contribution is 5.82. The Morgan fingerprint density at radius 3 is 3.08 bits per heavy atom. The second-order valence-electron chi connectivity index (χ2n) is 7.44. The minimum Gasteiger partial charge on any atom is -0.379 e. The lowest BCUT2D eigenvalue weighted by molar-refractivity contribution is -0.137. The number of amides is 1. The molecule has 1 aromatic heterocycles. The summed E-state index contributed by atoms with van der Waals surface area (Å²) in [4.78, 5) is 21.7. The van der Waals surface area contributed by atoms with Gasteiger partial charge in [-0.05, 0) is 31.4 Å². The smallest absolute Gasteiger partial charge is 0.241 e. The highest BCUT2D eigenvalue weighted by Crippen LogP contribution is 2.34. The Labute approximate surface area is 148 Å². The third kappa shape index (κ3) is 3.63. The summed E-state index contributed by atoms with van der Waals surface area (Å²) in [6, 6.07) is 5.93. The molecule has 2 atom stereocenters. The van der Waals surface area contributed by atoms with Crippen LogP contribution in [0.5, 0.6) is 0 Å². The molecule has 1 amide bonds. The van der Waals surface area contributed by atoms with Crippen molar-refractivity contribution in [1.82, 2.24) is 20.7 Å². The number of hydrogen-bond donors (Lipinski definition) is 2. The maximum Gasteiger partial charge on any atom is 0.241 e. The molecule has 4 heterocycles. The first-order valence-electron chi connectivity index (χ1n) is 9.27. The molecule has 2 unspecified atom stereocenters. The number of piperidine rings is 1. The highest BCUT2D eigenvalue weighted by Gasteiger charge is 2.41. The lowest BCUT2D eigenvalue weighted by atomic mass is 9.79. The van der Waals surface area contributed by atoms with E-state index >= 15 is 0 Å². The molecule has 3 aliphatic heterocycles. The van der Waals surface area contributed by atoms with E-state index < -0.39 is 0 Å². The van der Waals surface area contributed by atoms with Gasteiger partial charge in [0.05, 0.1) is 13.2 Å². The van der Waals surface area contributed by atoms with Crippen molar-refractivity contribution < 1.29 is 9.53 Å². The van der Waals surface area contributed by atoms with Gasteiger partial charge >= 0.3 is 0 Å². The van der Waals surface area contributed by atoms with Crippen LogP contribution in [0.3, 0.4) is 0 Å². The maximum absolute atomic E-state index is 12.8. The van der Waals surface area contributed by atoms with Gasteiger partial charge in [0, 0.05) is 44.3 Å². The summed E-state index contributed by atoms with van der Waals surface area (Å²) in [6.07, 6.45) is 4.82. The van der Waals surface area contributed by atoms with Crippen molar-refractivity contribution in [2.24, 2.45) is 5.41 Å². The fourth-order valence-electron chi connectivity index (χ4n) is 4.26. The molecule has 1 spiro atoms. The average molecular weight is 345 g/mol. The largest absolute Gasteiger partial charge is 0.379 e. The van der Waals surface area contributed by atoms with Crippen LogP contribution in [0.25, 0.3) is 0 Å². The Kier molecular flexibility index (Phi) is 4.87. The van der Waals surface area contributed by atoms with Crippen LogP contribution in [0.15, 0.2) is 24.4 Å². The molecule has 2 N–H and O–H groups in total. The Hall–Kier alpha value is -1.70. The van der Waals surface area contributed by atoms with E-state index in [1.807, 2.05) is 23.2 Å². The van der Waals surface area contributed by atoms with Crippen molar-refractivity contribution in [2.75, 3.05) is 50.8 Å². The van der Waals surface area contributed by atoms with E-state index in [1.165, 1.54) is 0 Å². The number of aromatic nitrogens is 1. The number of pyridine rings is 1. The standard InChI is InChI=1S/C18H27N5O2/c24-17(15-5-8-20-21-15)23-9-3-6-18(13-23)12-22(10-11-25-14-18)16-4-1-2-7-19-16/h1-2,4,7,15,20-21H,3,5-6,8-14H2. The van der Waals surface area contributed by atoms with E-state index in [4.69, 9.17) is 4.74 Å². The van der Waals surface area contributed by atoms with Crippen LogP contribution >= 0.6 is 0 Å². The van der Waals surface area contributed by atoms with Crippen molar-refractivity contribution in [1.29, 1.82) is 0 Å². The monoisotopic (exact) mass is 345 g/mol. The van der Waals surface area contributed by atoms with E-state index in [2.05, 4.69) is 26.8 Å². The summed E-state index contributed by atoms with van der Waals surface area (Å²) >= 11 is 0. The maximum atomic E-state index is 12.8. The molecule has 0 saturated carbocycles. The van der Waals surface area contributed by atoms with Gasteiger partial charge in [-0.15, -0.1) is 0 Å². The molecule has 3 fully saturated rings. The van der Waals surface area contributed by atoms with Gasteiger partial charge in [-0.3, -0.25) is 10.2 Å². The Morgan fingerprint density at radius 1 is 1.32 bits per heavy atom. The van der Waals surface area contributed by atoms with Crippen molar-refractivity contribution in [3.63, 3.8) is 0 Å². The zero-order valence-electron chi connectivity index (χ0n) is 14.6. The van der Waals surface area contributed by atoms with Gasteiger partial charge in [0.1, 0.15) is 11.9 Å². The molecule has 1 aromatic rings. The van der Waals surface area contributed by atoms with E-state index in [0.717, 1.165) is 64.4 Å². The first-order chi connectivity index (χ1) is 12.3. The molecule has 136 valence electrons. The SMILES string of the molecule is O=C(C1CCNN1)N1CCCC2(COCCN(c3ccccn3)C2)C1. The molecule has 3 aliphatic rings. The summed E-state index contributed by atoms with van der Waals surface area (Å²) < 4.78 is 5.96. The second-order valence-corrected chi connectivity index (χ2v) is 7.44. The second kappa shape index (κ2) is 7.27. The van der Waals surface area contributed by atoms with Gasteiger partial charge in [-0.1, -0.05) is 6.07 Å². The van der Waals surface area contributed by atoms with Crippen LogP contribution in [-0.4, -0.2) is 67.8 Å². The molecule has 0 radical (unpaired) electrons. The molecular formula is C18H27N5O2. The molecule has 0 aliphatic carbocycles. The number of carbonyl (C=O) groups excluding carboxylic acids is 1. The van der Waals surface area contributed by atoms with Gasteiger partial charge < -0.3 is 14.5 Å². The van der Waals surface area contributed by atoms with E-state index in [-0.39, 0.29) is 17.4 Å². The van der Waals surface area contributed by atoms with Gasteiger partial charge in [-0.2, -0.15) is 0 Å². The van der Waals surface area contributed by atoms with E-state index in [1.54, 1.807) is 0 Å². The van der Waals surface area contributed by atoms with Crippen molar-refractivity contribution in [3.8, 4) is 0 Å². The number of ether oxygens (including phenoxy) is 1. The lowest BCUT2D eigenvalue weighted by Crippen LogP contribution is -2.55. The Morgan fingerprint density at radius 2 is 2.28 bits per heavy atom. The zero-order chi connectivity index (χ0) is 17.1. The van der Waals surface area contributed by atoms with E-state index in [9.17, 15) is 4.79 Å². The molecule has 0 bridgehead atoms. The quantitative estimate of drug-likeness (QED) is 0.808. The normalized spacial score (nSPS) is 30.5. The average Bonchev–Trinajstić information content (AvgIpc) is 3.12. The number of likely N-dealkylation sites (tertiary alicyclic amines) is 1. The Bertz CT molecular complexity index is 592. The fourth-order valence-corrected chi connectivity index (χ4v) is 4.26. The lowest BCUT2D eigenvalue weighted by Gasteiger charge is -2.44. The molecule has 4 rings (SSSR count). The topological polar surface area (TPSA) is 69.7 Å². The number of nitrogens with one attached hydrogen (secondary N) is 2. The van der Waals surface area contributed by atoms with Crippen LogP contribution in [0.4, 0.5) is 5.82 Å². The molecule has 0 aromatic carbocycles. The predicted molar refractivity (Wildman–Crippen MR) is 95.1 cm³/mol. The zero-order valence-corrected chi connectivity index (χ0v) is 14.6. The molecule has 7 nitrogen and oxygen atoms in total. The first-order valence-corrected chi connectivity index (χ1v) is 9.27. The van der Waals surface area contributed by atoms with Gasteiger partial charge in [0.15, 0.2) is 0 Å². The minimum absolute atomic E-state index is 0.00599. The number of anilines is 1. The summed E-state index contributed by atoms with van der Waals surface area (Å²) in [5.74, 6) is 1.22. The van der Waals surface area contributed by atoms with Crippen molar-refractivity contribution >= 4 is 11.7 Å². The summed E-state index contributed by atoms with van der Waals surface area (Å²) in [6.45, 7) is 5.64. The predicted octanol–water partition coefficient (Wildman–Crippen LogP) is 0.394. The Balaban J connectivity index is 1.49. The van der Waals surface area contributed by atoms with Crippen LogP contribution in [0.2, 0.25) is 0 Å². The third-order valence-corrected chi connectivity index (χ3v) is 5.52. The van der Waals surface area contributed by atoms with Crippen LogP contribution in [-0.2, 0) is 9.53 Å². The van der Waals surface area contributed by atoms with E-state index in [0.29, 0.717) is 6.61 Å². The van der Waals surface area contributed by atoms with Crippen LogP contribution in [0, 0.1) is 5.41 Å². The number of rotatable bonds is 2. The van der Waals surface area contributed by atoms with Gasteiger partial charge in [0.25, 0.3) is 0 Å². The molecule has 3 saturated heterocycles. The fraction of sp³-hybridized carbons (Fsp3) is 0.667. The van der Waals surface area contributed by atoms with Gasteiger partial charge in [-0.25, -0.2) is 10.4 Å². The van der Waals surface area contributed by atoms with Gasteiger partial charge in [0.2, 0.25) is 5.91 Å². The number of carbonyl (C=O) groups is 1. The first kappa shape index (κ1) is 16.8. The van der Waals surface area contributed by atoms with Crippen LogP contribution < -0.4 is 15.8 Å². The molecular weight excluding hydrogens is 318 g/mol. The molecule has 7 heteroatoms. The molecule has 25 heavy (non-hydrogen) atoms. The number of hydrogen-bond acceptors (Lipinski definition) is 6. The summed E-state index contributed by atoms with van der Waals surface area (Å²) in [5, 5.41) is 0. The third-order valence-electron chi connectivity index (χ3n) is 5.52. The number of nitrogens with zero attached hydrogens (tertiary/aromatic N) is 3. The summed E-state index contributed by atoms with van der Waals surface area (Å²) in [7, 11) is 0. The van der Waals surface area contributed by atoms with Crippen molar-refractivity contribution in [3.05, 3.63) is 24.4 Å². The minimum atomic E-state index is -0.0891. The highest BCUT2D eigenvalue weighted by atomic mass is 16.5. The van der Waals surface area contributed by atoms with Crippen LogP contribution in [0.1, 0.15) is 19.3 Å². The number of hydrazine groups is 1.